The van der Waals surface area contributed by atoms with Gasteiger partial charge in [-0.15, -0.1) is 0 Å². The van der Waals surface area contributed by atoms with E-state index in [9.17, 15) is 0 Å². The second-order valence-electron chi connectivity index (χ2n) is 16.5. The number of nitrogens with zero attached hydrogens (tertiary/aromatic N) is 10. The van der Waals surface area contributed by atoms with E-state index in [0.29, 0.717) is 0 Å². The summed E-state index contributed by atoms with van der Waals surface area (Å²) in [7, 11) is 19.4. The molecule has 0 aromatic carbocycles. The Morgan fingerprint density at radius 1 is 0.370 bits per heavy atom. The molecule has 0 heterocycles. The first-order valence-electron chi connectivity index (χ1n) is 17.5. The van der Waals surface area contributed by atoms with Gasteiger partial charge < -0.3 is 29.4 Å². The van der Waals surface area contributed by atoms with Crippen molar-refractivity contribution in [2.24, 2.45) is 31.2 Å². The maximum atomic E-state index is 4.89. The van der Waals surface area contributed by atoms with Crippen LogP contribution in [0.2, 0.25) is 0 Å². The molecule has 0 N–H and O–H groups in total. The van der Waals surface area contributed by atoms with Gasteiger partial charge in [-0.05, 0) is 63.4 Å². The van der Waals surface area contributed by atoms with Crippen molar-refractivity contribution in [1.29, 1.82) is 0 Å². The van der Waals surface area contributed by atoms with Crippen LogP contribution >= 0.6 is 0 Å². The van der Waals surface area contributed by atoms with Crippen LogP contribution in [0.15, 0.2) is 15.0 Å². The SMILES string of the molecule is CN(C)CCN(C)CC(C)(C)C=NCCN(CCN=CC(C)(C)CN(C)CCN(C)C)CCN=CC(C)(C)CN(C)CCN(C)C. The molecule has 0 saturated heterocycles. The van der Waals surface area contributed by atoms with Gasteiger partial charge in [-0.2, -0.15) is 0 Å². The third-order valence-corrected chi connectivity index (χ3v) is 7.78. The molecule has 46 heavy (non-hydrogen) atoms. The van der Waals surface area contributed by atoms with Crippen molar-refractivity contribution in [2.75, 3.05) is 162 Å². The van der Waals surface area contributed by atoms with Crippen LogP contribution in [0.4, 0.5) is 0 Å². The van der Waals surface area contributed by atoms with Crippen molar-refractivity contribution < 1.29 is 0 Å². The molecule has 0 unspecified atom stereocenters. The molecule has 0 amide bonds. The standard InChI is InChI=1S/C36H78N10/c1-34(2,31-43(13)25-22-40(7)8)28-37-16-19-46(20-17-38-29-35(3,4)32-44(14)26-23-41(9)10)21-18-39-30-36(5,6)33-45(15)27-24-42(11)12/h28-30H,16-27,31-33H2,1-15H3. The first kappa shape index (κ1) is 44.7. The Balaban J connectivity index is 5.18. The van der Waals surface area contributed by atoms with E-state index in [1.807, 2.05) is 0 Å². The lowest BCUT2D eigenvalue weighted by molar-refractivity contribution is 0.238. The van der Waals surface area contributed by atoms with Gasteiger partial charge in [0.1, 0.15) is 0 Å². The highest BCUT2D eigenvalue weighted by molar-refractivity contribution is 5.65. The molecular weight excluding hydrogens is 572 g/mol. The fourth-order valence-corrected chi connectivity index (χ4v) is 5.43. The summed E-state index contributed by atoms with van der Waals surface area (Å²) < 4.78 is 0. The van der Waals surface area contributed by atoms with E-state index in [4.69, 9.17) is 15.0 Å². The predicted molar refractivity (Wildman–Crippen MR) is 206 cm³/mol. The van der Waals surface area contributed by atoms with Crippen molar-refractivity contribution in [3.05, 3.63) is 0 Å². The van der Waals surface area contributed by atoms with Crippen LogP contribution in [0.3, 0.4) is 0 Å². The lowest BCUT2D eigenvalue weighted by Crippen LogP contribution is -2.37. The molecule has 272 valence electrons. The lowest BCUT2D eigenvalue weighted by Gasteiger charge is -2.28. The molecule has 0 fully saturated rings. The summed E-state index contributed by atoms with van der Waals surface area (Å²) in [6.07, 6.45) is 6.49. The molecule has 10 heteroatoms. The van der Waals surface area contributed by atoms with Crippen LogP contribution in [0.25, 0.3) is 0 Å². The third-order valence-electron chi connectivity index (χ3n) is 7.78. The Hall–Kier alpha value is -1.27. The third kappa shape index (κ3) is 26.8. The van der Waals surface area contributed by atoms with Gasteiger partial charge in [0.25, 0.3) is 0 Å². The van der Waals surface area contributed by atoms with Crippen LogP contribution in [-0.4, -0.2) is 215 Å². The van der Waals surface area contributed by atoms with E-state index in [-0.39, 0.29) is 16.2 Å². The summed E-state index contributed by atoms with van der Waals surface area (Å²) >= 11 is 0. The van der Waals surface area contributed by atoms with E-state index < -0.39 is 0 Å². The number of aliphatic imine (C=N–C) groups is 3. The second kappa shape index (κ2) is 23.1. The molecule has 0 rings (SSSR count). The zero-order valence-corrected chi connectivity index (χ0v) is 33.3. The van der Waals surface area contributed by atoms with Crippen molar-refractivity contribution in [3.63, 3.8) is 0 Å². The molecule has 10 nitrogen and oxygen atoms in total. The van der Waals surface area contributed by atoms with Crippen LogP contribution in [0.1, 0.15) is 41.5 Å². The van der Waals surface area contributed by atoms with Gasteiger partial charge >= 0.3 is 0 Å². The highest BCUT2D eigenvalue weighted by Crippen LogP contribution is 2.15. The van der Waals surface area contributed by atoms with Gasteiger partial charge in [-0.3, -0.25) is 19.9 Å². The molecule has 0 aliphatic rings. The largest absolute Gasteiger partial charge is 0.308 e. The Bertz CT molecular complexity index is 738. The van der Waals surface area contributed by atoms with Gasteiger partial charge in [-0.25, -0.2) is 0 Å². The second-order valence-corrected chi connectivity index (χ2v) is 16.5. The van der Waals surface area contributed by atoms with E-state index in [1.165, 1.54) is 0 Å². The average molecular weight is 651 g/mol. The number of likely N-dealkylation sites (N-methyl/N-ethyl adjacent to an activating group) is 6. The van der Waals surface area contributed by atoms with Gasteiger partial charge in [0.2, 0.25) is 0 Å². The Morgan fingerprint density at radius 3 is 0.826 bits per heavy atom. The summed E-state index contributed by atoms with van der Waals surface area (Å²) in [6.45, 7) is 28.2. The smallest absolute Gasteiger partial charge is 0.0513 e. The average Bonchev–Trinajstić information content (AvgIpc) is 2.91. The summed E-state index contributed by atoms with van der Waals surface area (Å²) in [5.74, 6) is 0. The summed E-state index contributed by atoms with van der Waals surface area (Å²) in [5.41, 5.74) is 0.116. The molecule has 0 aromatic rings. The number of rotatable bonds is 27. The molecule has 0 aliphatic carbocycles. The van der Waals surface area contributed by atoms with Crippen molar-refractivity contribution in [1.82, 2.24) is 34.3 Å². The van der Waals surface area contributed by atoms with Gasteiger partial charge in [0, 0.05) is 113 Å². The highest BCUT2D eigenvalue weighted by atomic mass is 15.2. The summed E-state index contributed by atoms with van der Waals surface area (Å²) in [4.78, 5) is 31.1. The minimum Gasteiger partial charge on any atom is -0.308 e. The number of hydrogen-bond donors (Lipinski definition) is 0. The van der Waals surface area contributed by atoms with Gasteiger partial charge in [0.15, 0.2) is 0 Å². The molecular formula is C36H78N10. The minimum absolute atomic E-state index is 0.0387. The van der Waals surface area contributed by atoms with Crippen molar-refractivity contribution in [3.8, 4) is 0 Å². The maximum Gasteiger partial charge on any atom is 0.0513 e. The van der Waals surface area contributed by atoms with Crippen molar-refractivity contribution in [2.45, 2.75) is 41.5 Å². The zero-order valence-electron chi connectivity index (χ0n) is 33.3. The Labute approximate surface area is 287 Å². The maximum absolute atomic E-state index is 4.89. The molecule has 0 bridgehead atoms. The molecule has 0 aromatic heterocycles. The van der Waals surface area contributed by atoms with E-state index in [2.05, 4.69) is 158 Å². The molecule has 0 aliphatic heterocycles. The summed E-state index contributed by atoms with van der Waals surface area (Å²) in [6, 6.07) is 0. The Kier molecular flexibility index (Phi) is 22.5. The summed E-state index contributed by atoms with van der Waals surface area (Å²) in [5, 5.41) is 0. The van der Waals surface area contributed by atoms with Crippen LogP contribution in [0.5, 0.6) is 0 Å². The zero-order chi connectivity index (χ0) is 35.4. The molecule has 0 radical (unpaired) electrons. The van der Waals surface area contributed by atoms with Crippen LogP contribution in [0, 0.1) is 16.2 Å². The first-order chi connectivity index (χ1) is 21.2. The quantitative estimate of drug-likeness (QED) is 0.127. The Morgan fingerprint density at radius 2 is 0.609 bits per heavy atom. The first-order valence-corrected chi connectivity index (χ1v) is 17.5. The van der Waals surface area contributed by atoms with E-state index in [1.54, 1.807) is 0 Å². The number of hydrogen-bond acceptors (Lipinski definition) is 10. The minimum atomic E-state index is 0.0387. The highest BCUT2D eigenvalue weighted by Gasteiger charge is 2.20. The lowest BCUT2D eigenvalue weighted by atomic mass is 9.94. The predicted octanol–water partition coefficient (Wildman–Crippen LogP) is 3.06. The monoisotopic (exact) mass is 651 g/mol. The van der Waals surface area contributed by atoms with E-state index in [0.717, 1.165) is 98.2 Å². The van der Waals surface area contributed by atoms with E-state index >= 15 is 0 Å². The molecule has 0 saturated carbocycles. The van der Waals surface area contributed by atoms with Gasteiger partial charge in [-0.1, -0.05) is 41.5 Å². The molecule has 0 spiro atoms. The van der Waals surface area contributed by atoms with Crippen LogP contribution < -0.4 is 0 Å². The topological polar surface area (TPSA) is 59.8 Å². The fourth-order valence-electron chi connectivity index (χ4n) is 5.43. The van der Waals surface area contributed by atoms with Crippen LogP contribution in [-0.2, 0) is 0 Å². The van der Waals surface area contributed by atoms with Gasteiger partial charge in [0.05, 0.1) is 19.6 Å². The molecule has 0 atom stereocenters. The fraction of sp³-hybridized carbons (Fsp3) is 0.917. The van der Waals surface area contributed by atoms with Crippen molar-refractivity contribution >= 4 is 18.6 Å². The normalized spacial score (nSPS) is 14.2.